The van der Waals surface area contributed by atoms with Gasteiger partial charge in [-0.15, -0.1) is 11.6 Å². The van der Waals surface area contributed by atoms with Gasteiger partial charge < -0.3 is 0 Å². The summed E-state index contributed by atoms with van der Waals surface area (Å²) in [4.78, 5) is 0. The maximum atomic E-state index is 6.02. The number of aryl methyl sites for hydroxylation is 2. The van der Waals surface area contributed by atoms with E-state index in [0.717, 1.165) is 25.0 Å². The highest BCUT2D eigenvalue weighted by atomic mass is 79.9. The number of aromatic nitrogens is 2. The third-order valence-corrected chi connectivity index (χ3v) is 3.87. The van der Waals surface area contributed by atoms with Gasteiger partial charge in [0.15, 0.2) is 0 Å². The van der Waals surface area contributed by atoms with Gasteiger partial charge in [-0.2, -0.15) is 5.10 Å². The van der Waals surface area contributed by atoms with Crippen molar-refractivity contribution in [1.29, 1.82) is 0 Å². The Morgan fingerprint density at radius 2 is 2.06 bits per heavy atom. The molecular weight excluding hydrogens is 288 g/mol. The molecule has 4 heteroatoms. The molecule has 0 spiro atoms. The van der Waals surface area contributed by atoms with Crippen molar-refractivity contribution < 1.29 is 0 Å². The van der Waals surface area contributed by atoms with Gasteiger partial charge in [0.1, 0.15) is 0 Å². The van der Waals surface area contributed by atoms with Crippen LogP contribution in [0.15, 0.2) is 4.47 Å². The van der Waals surface area contributed by atoms with E-state index in [2.05, 4.69) is 34.9 Å². The largest absolute Gasteiger partial charge is 0.271 e. The van der Waals surface area contributed by atoms with E-state index >= 15 is 0 Å². The molecular formula is C12H20BrClN2. The van der Waals surface area contributed by atoms with Crippen molar-refractivity contribution in [3.63, 3.8) is 0 Å². The number of hydrogen-bond donors (Lipinski definition) is 0. The molecule has 1 rings (SSSR count). The predicted octanol–water partition coefficient (Wildman–Crippen LogP) is 3.94. The number of hydrogen-bond acceptors (Lipinski definition) is 1. The van der Waals surface area contributed by atoms with Crippen LogP contribution in [0.5, 0.6) is 0 Å². The zero-order chi connectivity index (χ0) is 12.3. The first-order chi connectivity index (χ1) is 7.45. The molecule has 2 atom stereocenters. The summed E-state index contributed by atoms with van der Waals surface area (Å²) in [5.74, 6) is 0.587. The Morgan fingerprint density at radius 3 is 2.50 bits per heavy atom. The lowest BCUT2D eigenvalue weighted by Gasteiger charge is -2.13. The van der Waals surface area contributed by atoms with Crippen LogP contribution in [0.2, 0.25) is 0 Å². The third-order valence-electron chi connectivity index (χ3n) is 2.77. The van der Waals surface area contributed by atoms with E-state index in [0.29, 0.717) is 5.92 Å². The summed E-state index contributed by atoms with van der Waals surface area (Å²) >= 11 is 9.66. The Morgan fingerprint density at radius 1 is 1.44 bits per heavy atom. The average molecular weight is 308 g/mol. The molecule has 0 saturated heterocycles. The molecule has 0 saturated carbocycles. The molecule has 1 aromatic rings. The first-order valence-corrected chi connectivity index (χ1v) is 7.02. The van der Waals surface area contributed by atoms with Crippen molar-refractivity contribution in [3.05, 3.63) is 15.9 Å². The van der Waals surface area contributed by atoms with Crippen LogP contribution in [0.3, 0.4) is 0 Å². The summed E-state index contributed by atoms with van der Waals surface area (Å²) in [6.07, 6.45) is 3.04. The van der Waals surface area contributed by atoms with Gasteiger partial charge in [-0.05, 0) is 48.0 Å². The van der Waals surface area contributed by atoms with E-state index < -0.39 is 0 Å². The van der Waals surface area contributed by atoms with Crippen molar-refractivity contribution in [2.24, 2.45) is 13.0 Å². The molecule has 2 nitrogen and oxygen atoms in total. The van der Waals surface area contributed by atoms with Crippen LogP contribution in [0.4, 0.5) is 0 Å². The Hall–Kier alpha value is -0.0200. The second-order valence-corrected chi connectivity index (χ2v) is 6.05. The number of nitrogens with zero attached hydrogens (tertiary/aromatic N) is 2. The maximum Gasteiger partial charge on any atom is 0.0766 e. The van der Waals surface area contributed by atoms with Crippen LogP contribution in [0, 0.1) is 5.92 Å². The minimum absolute atomic E-state index is 0.243. The Kier molecular flexibility index (Phi) is 5.32. The molecule has 0 amide bonds. The number of alkyl halides is 1. The molecule has 0 radical (unpaired) electrons. The Balaban J connectivity index is 2.76. The summed E-state index contributed by atoms with van der Waals surface area (Å²) in [7, 11) is 2.01. The minimum atomic E-state index is 0.243. The molecule has 0 N–H and O–H groups in total. The highest BCUT2D eigenvalue weighted by Gasteiger charge is 2.16. The van der Waals surface area contributed by atoms with Gasteiger partial charge in [0, 0.05) is 12.4 Å². The van der Waals surface area contributed by atoms with Gasteiger partial charge in [0.05, 0.1) is 15.9 Å². The summed E-state index contributed by atoms with van der Waals surface area (Å²) in [5.41, 5.74) is 2.42. The molecule has 2 unspecified atom stereocenters. The van der Waals surface area contributed by atoms with E-state index in [9.17, 15) is 0 Å². The van der Waals surface area contributed by atoms with Crippen molar-refractivity contribution in [2.45, 2.75) is 45.4 Å². The zero-order valence-electron chi connectivity index (χ0n) is 10.4. The van der Waals surface area contributed by atoms with Gasteiger partial charge in [-0.1, -0.05) is 13.8 Å². The predicted molar refractivity (Wildman–Crippen MR) is 73.1 cm³/mol. The first-order valence-electron chi connectivity index (χ1n) is 5.80. The molecule has 0 aliphatic carbocycles. The monoisotopic (exact) mass is 306 g/mol. The lowest BCUT2D eigenvalue weighted by molar-refractivity contribution is 0.505. The normalized spacial score (nSPS) is 15.1. The topological polar surface area (TPSA) is 17.8 Å². The van der Waals surface area contributed by atoms with Crippen LogP contribution in [0.25, 0.3) is 0 Å². The SMILES string of the molecule is CCc1nn(C)c(CC(C)CC(C)Cl)c1Br. The summed E-state index contributed by atoms with van der Waals surface area (Å²) in [6, 6.07) is 0. The fourth-order valence-electron chi connectivity index (χ4n) is 2.01. The average Bonchev–Trinajstić information content (AvgIpc) is 2.44. The maximum absolute atomic E-state index is 6.02. The first kappa shape index (κ1) is 14.0. The summed E-state index contributed by atoms with van der Waals surface area (Å²) in [6.45, 7) is 6.42. The van der Waals surface area contributed by atoms with Crippen molar-refractivity contribution in [2.75, 3.05) is 0 Å². The van der Waals surface area contributed by atoms with Gasteiger partial charge in [0.2, 0.25) is 0 Å². The van der Waals surface area contributed by atoms with Crippen molar-refractivity contribution >= 4 is 27.5 Å². The van der Waals surface area contributed by atoms with Gasteiger partial charge in [-0.3, -0.25) is 4.68 Å². The van der Waals surface area contributed by atoms with E-state index in [4.69, 9.17) is 11.6 Å². The molecule has 1 heterocycles. The van der Waals surface area contributed by atoms with Crippen LogP contribution >= 0.6 is 27.5 Å². The second kappa shape index (κ2) is 6.06. The fourth-order valence-corrected chi connectivity index (χ4v) is 3.09. The lowest BCUT2D eigenvalue weighted by Crippen LogP contribution is -2.09. The fraction of sp³-hybridized carbons (Fsp3) is 0.750. The quantitative estimate of drug-likeness (QED) is 0.753. The zero-order valence-corrected chi connectivity index (χ0v) is 12.8. The Labute approximate surface area is 111 Å². The van der Waals surface area contributed by atoms with E-state index in [1.54, 1.807) is 0 Å². The standard InChI is InChI=1S/C12H20BrClN2/c1-5-10-12(13)11(16(4)15-10)7-8(2)6-9(3)14/h8-9H,5-7H2,1-4H3. The van der Waals surface area contributed by atoms with Crippen molar-refractivity contribution in [1.82, 2.24) is 9.78 Å². The van der Waals surface area contributed by atoms with Crippen LogP contribution in [-0.4, -0.2) is 15.2 Å². The molecule has 16 heavy (non-hydrogen) atoms. The van der Waals surface area contributed by atoms with Gasteiger partial charge in [0.25, 0.3) is 0 Å². The van der Waals surface area contributed by atoms with Crippen molar-refractivity contribution in [3.8, 4) is 0 Å². The van der Waals surface area contributed by atoms with Gasteiger partial charge in [-0.25, -0.2) is 0 Å². The Bertz CT molecular complexity index is 347. The molecule has 0 bridgehead atoms. The summed E-state index contributed by atoms with van der Waals surface area (Å²) in [5, 5.41) is 4.74. The van der Waals surface area contributed by atoms with E-state index in [1.807, 2.05) is 18.7 Å². The van der Waals surface area contributed by atoms with E-state index in [1.165, 1.54) is 10.2 Å². The molecule has 0 fully saturated rings. The van der Waals surface area contributed by atoms with Crippen LogP contribution in [0.1, 0.15) is 38.6 Å². The minimum Gasteiger partial charge on any atom is -0.271 e. The molecule has 92 valence electrons. The number of rotatable bonds is 5. The summed E-state index contributed by atoms with van der Waals surface area (Å²) < 4.78 is 3.16. The smallest absolute Gasteiger partial charge is 0.0766 e. The van der Waals surface area contributed by atoms with Crippen LogP contribution < -0.4 is 0 Å². The molecule has 0 aromatic carbocycles. The second-order valence-electron chi connectivity index (χ2n) is 4.51. The van der Waals surface area contributed by atoms with Crippen LogP contribution in [-0.2, 0) is 19.9 Å². The number of halogens is 2. The molecule has 1 aromatic heterocycles. The molecule has 0 aliphatic heterocycles. The third kappa shape index (κ3) is 3.49. The molecule has 0 aliphatic rings. The highest BCUT2D eigenvalue weighted by Crippen LogP contribution is 2.25. The lowest BCUT2D eigenvalue weighted by atomic mass is 10.00. The highest BCUT2D eigenvalue weighted by molar-refractivity contribution is 9.10. The van der Waals surface area contributed by atoms with Gasteiger partial charge >= 0.3 is 0 Å². The van der Waals surface area contributed by atoms with E-state index in [-0.39, 0.29) is 5.38 Å².